The van der Waals surface area contributed by atoms with Gasteiger partial charge in [-0.25, -0.2) is 8.42 Å². The maximum atomic E-state index is 12.8. The zero-order chi connectivity index (χ0) is 21.8. The molecule has 1 N–H and O–H groups in total. The van der Waals surface area contributed by atoms with Crippen LogP contribution >= 0.6 is 0 Å². The zero-order valence-corrected chi connectivity index (χ0v) is 17.7. The van der Waals surface area contributed by atoms with Gasteiger partial charge in [-0.3, -0.25) is 10.1 Å². The first-order chi connectivity index (χ1) is 14.9. The van der Waals surface area contributed by atoms with Crippen molar-refractivity contribution in [1.82, 2.24) is 14.5 Å². The number of sulfonamides is 1. The number of carbonyl (C=O) groups is 1. The molecule has 1 amide bonds. The minimum absolute atomic E-state index is 0.0446. The predicted molar refractivity (Wildman–Crippen MR) is 113 cm³/mol. The van der Waals surface area contributed by atoms with E-state index in [1.807, 2.05) is 30.3 Å². The Morgan fingerprint density at radius 3 is 2.55 bits per heavy atom. The van der Waals surface area contributed by atoms with E-state index in [1.165, 1.54) is 35.6 Å². The van der Waals surface area contributed by atoms with E-state index in [4.69, 9.17) is 9.15 Å². The quantitative estimate of drug-likeness (QED) is 0.598. The van der Waals surface area contributed by atoms with Gasteiger partial charge < -0.3 is 9.15 Å². The molecule has 1 fully saturated rings. The normalized spacial score (nSPS) is 16.5. The van der Waals surface area contributed by atoms with Gasteiger partial charge in [-0.15, -0.1) is 5.10 Å². The van der Waals surface area contributed by atoms with Gasteiger partial charge in [0.25, 0.3) is 5.91 Å². The molecule has 31 heavy (non-hydrogen) atoms. The van der Waals surface area contributed by atoms with Crippen LogP contribution in [0.2, 0.25) is 0 Å². The molecule has 162 valence electrons. The Labute approximate surface area is 180 Å². The summed E-state index contributed by atoms with van der Waals surface area (Å²) in [5.74, 6) is -0.202. The third-order valence-corrected chi connectivity index (χ3v) is 6.81. The van der Waals surface area contributed by atoms with Crippen molar-refractivity contribution in [3.63, 3.8) is 0 Å². The molecule has 1 aliphatic heterocycles. The molecule has 0 radical (unpaired) electrons. The number of amides is 1. The Morgan fingerprint density at radius 1 is 1.13 bits per heavy atom. The van der Waals surface area contributed by atoms with E-state index in [2.05, 4.69) is 15.5 Å². The van der Waals surface area contributed by atoms with Crippen LogP contribution in [0.3, 0.4) is 0 Å². The van der Waals surface area contributed by atoms with E-state index < -0.39 is 15.9 Å². The van der Waals surface area contributed by atoms with Crippen molar-refractivity contribution >= 4 is 21.9 Å². The molecule has 1 aromatic heterocycles. The molecule has 1 saturated heterocycles. The number of nitrogens with zero attached hydrogens (tertiary/aromatic N) is 3. The van der Waals surface area contributed by atoms with Crippen molar-refractivity contribution in [2.75, 3.05) is 25.5 Å². The summed E-state index contributed by atoms with van der Waals surface area (Å²) in [6.45, 7) is 0.959. The van der Waals surface area contributed by atoms with Crippen LogP contribution in [0.25, 0.3) is 11.5 Å². The highest BCUT2D eigenvalue weighted by atomic mass is 32.2. The molecule has 1 atom stereocenters. The lowest BCUT2D eigenvalue weighted by Gasteiger charge is -2.20. The second-order valence-electron chi connectivity index (χ2n) is 7.18. The first kappa shape index (κ1) is 21.2. The highest BCUT2D eigenvalue weighted by Crippen LogP contribution is 2.21. The molecule has 0 saturated carbocycles. The van der Waals surface area contributed by atoms with Gasteiger partial charge in [0.1, 0.15) is 0 Å². The maximum absolute atomic E-state index is 12.8. The highest BCUT2D eigenvalue weighted by molar-refractivity contribution is 7.89. The highest BCUT2D eigenvalue weighted by Gasteiger charge is 2.26. The molecule has 2 aromatic carbocycles. The van der Waals surface area contributed by atoms with Gasteiger partial charge in [-0.1, -0.05) is 23.3 Å². The Balaban J connectivity index is 1.41. The second-order valence-corrected chi connectivity index (χ2v) is 9.22. The van der Waals surface area contributed by atoms with Crippen molar-refractivity contribution in [3.05, 3.63) is 60.2 Å². The minimum Gasteiger partial charge on any atom is -0.403 e. The third-order valence-electron chi connectivity index (χ3n) is 4.98. The smallest absolute Gasteiger partial charge is 0.322 e. The molecule has 0 unspecified atom stereocenters. The van der Waals surface area contributed by atoms with Gasteiger partial charge >= 0.3 is 6.01 Å². The maximum Gasteiger partial charge on any atom is 0.322 e. The van der Waals surface area contributed by atoms with Crippen LogP contribution < -0.4 is 5.32 Å². The fourth-order valence-electron chi connectivity index (χ4n) is 3.27. The SMILES string of the molecule is CN(C[C@@H]1CCCO1)S(=O)(=O)c1ccc(C(=O)Nc2nnc(-c3ccccc3)o2)cc1. The lowest BCUT2D eigenvalue weighted by Crippen LogP contribution is -2.34. The molecule has 3 aromatic rings. The van der Waals surface area contributed by atoms with Crippen molar-refractivity contribution in [2.24, 2.45) is 0 Å². The van der Waals surface area contributed by atoms with Crippen LogP contribution in [-0.4, -0.2) is 55.1 Å². The number of hydrogen-bond donors (Lipinski definition) is 1. The fraction of sp³-hybridized carbons (Fsp3) is 0.286. The summed E-state index contributed by atoms with van der Waals surface area (Å²) in [4.78, 5) is 12.6. The predicted octanol–water partition coefficient (Wildman–Crippen LogP) is 2.79. The van der Waals surface area contributed by atoms with Gasteiger partial charge in [-0.05, 0) is 49.2 Å². The number of hydrogen-bond acceptors (Lipinski definition) is 7. The molecule has 0 aliphatic carbocycles. The van der Waals surface area contributed by atoms with Crippen molar-refractivity contribution in [3.8, 4) is 11.5 Å². The fourth-order valence-corrected chi connectivity index (χ4v) is 4.47. The Bertz CT molecular complexity index is 1140. The topological polar surface area (TPSA) is 115 Å². The molecule has 2 heterocycles. The van der Waals surface area contributed by atoms with Gasteiger partial charge in [0.05, 0.1) is 11.0 Å². The van der Waals surface area contributed by atoms with Crippen LogP contribution in [0.1, 0.15) is 23.2 Å². The Hall–Kier alpha value is -3.08. The minimum atomic E-state index is -3.67. The number of nitrogens with one attached hydrogen (secondary N) is 1. The first-order valence-electron chi connectivity index (χ1n) is 9.82. The summed E-state index contributed by atoms with van der Waals surface area (Å²) in [5.41, 5.74) is 0.998. The van der Waals surface area contributed by atoms with Gasteiger partial charge in [-0.2, -0.15) is 4.31 Å². The van der Waals surface area contributed by atoms with E-state index in [-0.39, 0.29) is 28.5 Å². The second kappa shape index (κ2) is 8.96. The van der Waals surface area contributed by atoms with Crippen LogP contribution in [0.5, 0.6) is 0 Å². The number of benzene rings is 2. The molecular formula is C21H22N4O5S. The van der Waals surface area contributed by atoms with E-state index in [0.29, 0.717) is 13.2 Å². The monoisotopic (exact) mass is 442 g/mol. The van der Waals surface area contributed by atoms with Gasteiger partial charge in [0.15, 0.2) is 0 Å². The summed E-state index contributed by atoms with van der Waals surface area (Å²) in [6, 6.07) is 14.8. The Kier molecular flexibility index (Phi) is 6.12. The van der Waals surface area contributed by atoms with Crippen molar-refractivity contribution in [1.29, 1.82) is 0 Å². The molecule has 0 bridgehead atoms. The van der Waals surface area contributed by atoms with E-state index >= 15 is 0 Å². The molecule has 4 rings (SSSR count). The van der Waals surface area contributed by atoms with E-state index in [9.17, 15) is 13.2 Å². The summed E-state index contributed by atoms with van der Waals surface area (Å²) in [5, 5.41) is 10.3. The van der Waals surface area contributed by atoms with Crippen LogP contribution in [-0.2, 0) is 14.8 Å². The lowest BCUT2D eigenvalue weighted by atomic mass is 10.2. The summed E-state index contributed by atoms with van der Waals surface area (Å²) in [6.07, 6.45) is 1.70. The third kappa shape index (κ3) is 4.82. The van der Waals surface area contributed by atoms with Crippen molar-refractivity contribution in [2.45, 2.75) is 23.8 Å². The summed E-state index contributed by atoms with van der Waals surface area (Å²) >= 11 is 0. The molecule has 9 nitrogen and oxygen atoms in total. The number of aromatic nitrogens is 2. The number of anilines is 1. The largest absolute Gasteiger partial charge is 0.403 e. The number of likely N-dealkylation sites (N-methyl/N-ethyl adjacent to an activating group) is 1. The molecule has 10 heteroatoms. The zero-order valence-electron chi connectivity index (χ0n) is 16.9. The number of carbonyl (C=O) groups excluding carboxylic acids is 1. The first-order valence-corrected chi connectivity index (χ1v) is 11.3. The lowest BCUT2D eigenvalue weighted by molar-refractivity contribution is 0.0979. The van der Waals surface area contributed by atoms with Gasteiger partial charge in [0.2, 0.25) is 15.9 Å². The standard InChI is InChI=1S/C21H22N4O5S/c1-25(14-17-8-5-13-29-17)31(27,28)18-11-9-15(10-12-18)19(26)22-21-24-23-20(30-21)16-6-3-2-4-7-16/h2-4,6-7,9-12,17H,5,8,13-14H2,1H3,(H,22,24,26)/t17-/m0/s1. The average Bonchev–Trinajstić information content (AvgIpc) is 3.46. The van der Waals surface area contributed by atoms with Gasteiger partial charge in [0, 0.05) is 31.3 Å². The van der Waals surface area contributed by atoms with E-state index in [0.717, 1.165) is 18.4 Å². The summed E-state index contributed by atoms with van der Waals surface area (Å²) < 4.78 is 37.8. The van der Waals surface area contributed by atoms with Crippen LogP contribution in [0, 0.1) is 0 Å². The average molecular weight is 442 g/mol. The van der Waals surface area contributed by atoms with Crippen molar-refractivity contribution < 1.29 is 22.4 Å². The summed E-state index contributed by atoms with van der Waals surface area (Å²) in [7, 11) is -2.15. The number of rotatable bonds is 7. The Morgan fingerprint density at radius 2 is 1.87 bits per heavy atom. The van der Waals surface area contributed by atoms with Crippen LogP contribution in [0.4, 0.5) is 6.01 Å². The van der Waals surface area contributed by atoms with Crippen LogP contribution in [0.15, 0.2) is 63.9 Å². The molecule has 0 spiro atoms. The number of ether oxygens (including phenoxy) is 1. The molecule has 1 aliphatic rings. The van der Waals surface area contributed by atoms with E-state index in [1.54, 1.807) is 0 Å². The molecular weight excluding hydrogens is 420 g/mol.